The van der Waals surface area contributed by atoms with Gasteiger partial charge in [0.15, 0.2) is 0 Å². The molecule has 4 heteroatoms. The fraction of sp³-hybridized carbons (Fsp3) is 1.00. The Kier molecular flexibility index (Phi) is 4.47. The standard InChI is InChI=1S/C6H12F2O2/c1-4(2)10-3-5(9)6(7)8/h4-6,9H,3H2,1-2H3. The summed E-state index contributed by atoms with van der Waals surface area (Å²) in [5.41, 5.74) is 0. The highest BCUT2D eigenvalue weighted by Crippen LogP contribution is 2.01. The van der Waals surface area contributed by atoms with Gasteiger partial charge in [0.2, 0.25) is 0 Å². The minimum Gasteiger partial charge on any atom is -0.385 e. The molecular weight excluding hydrogens is 142 g/mol. The van der Waals surface area contributed by atoms with Crippen LogP contribution >= 0.6 is 0 Å². The zero-order chi connectivity index (χ0) is 8.15. The lowest BCUT2D eigenvalue weighted by Crippen LogP contribution is -2.25. The van der Waals surface area contributed by atoms with Gasteiger partial charge >= 0.3 is 0 Å². The van der Waals surface area contributed by atoms with Gasteiger partial charge in [-0.1, -0.05) is 0 Å². The lowest BCUT2D eigenvalue weighted by atomic mass is 10.4. The summed E-state index contributed by atoms with van der Waals surface area (Å²) in [7, 11) is 0. The van der Waals surface area contributed by atoms with E-state index in [9.17, 15) is 8.78 Å². The summed E-state index contributed by atoms with van der Waals surface area (Å²) in [6.45, 7) is 3.14. The molecular formula is C6H12F2O2. The van der Waals surface area contributed by atoms with Crippen molar-refractivity contribution >= 4 is 0 Å². The van der Waals surface area contributed by atoms with Crippen molar-refractivity contribution in [2.75, 3.05) is 6.61 Å². The summed E-state index contributed by atoms with van der Waals surface area (Å²) >= 11 is 0. The van der Waals surface area contributed by atoms with E-state index in [4.69, 9.17) is 9.84 Å². The lowest BCUT2D eigenvalue weighted by Gasteiger charge is -2.11. The van der Waals surface area contributed by atoms with Crippen molar-refractivity contribution in [1.29, 1.82) is 0 Å². The molecule has 0 aromatic heterocycles. The van der Waals surface area contributed by atoms with Gasteiger partial charge < -0.3 is 9.84 Å². The summed E-state index contributed by atoms with van der Waals surface area (Å²) in [6.07, 6.45) is -4.48. The van der Waals surface area contributed by atoms with Gasteiger partial charge in [-0.25, -0.2) is 8.78 Å². The third-order valence-corrected chi connectivity index (χ3v) is 0.891. The molecule has 0 bridgehead atoms. The second kappa shape index (κ2) is 4.57. The maximum Gasteiger partial charge on any atom is 0.266 e. The van der Waals surface area contributed by atoms with Gasteiger partial charge in [0, 0.05) is 0 Å². The Morgan fingerprint density at radius 1 is 1.40 bits per heavy atom. The maximum atomic E-state index is 11.5. The van der Waals surface area contributed by atoms with E-state index in [0.29, 0.717) is 0 Å². The van der Waals surface area contributed by atoms with Crippen LogP contribution in [0.2, 0.25) is 0 Å². The number of alkyl halides is 2. The van der Waals surface area contributed by atoms with Gasteiger partial charge in [-0.2, -0.15) is 0 Å². The fourth-order valence-electron chi connectivity index (χ4n) is 0.364. The van der Waals surface area contributed by atoms with Crippen LogP contribution in [0, 0.1) is 0 Å². The maximum absolute atomic E-state index is 11.5. The molecule has 0 heterocycles. The van der Waals surface area contributed by atoms with E-state index in [-0.39, 0.29) is 12.7 Å². The second-order valence-electron chi connectivity index (χ2n) is 2.28. The molecule has 0 spiro atoms. The lowest BCUT2D eigenvalue weighted by molar-refractivity contribution is -0.0672. The van der Waals surface area contributed by atoms with E-state index < -0.39 is 12.5 Å². The average molecular weight is 154 g/mol. The number of aliphatic hydroxyl groups is 1. The van der Waals surface area contributed by atoms with E-state index in [2.05, 4.69) is 0 Å². The van der Waals surface area contributed by atoms with Gasteiger partial charge in [-0.3, -0.25) is 0 Å². The summed E-state index contributed by atoms with van der Waals surface area (Å²) in [6, 6.07) is 0. The van der Waals surface area contributed by atoms with E-state index in [1.54, 1.807) is 13.8 Å². The molecule has 0 aromatic rings. The minimum atomic E-state index is -2.71. The molecule has 0 aliphatic rings. The van der Waals surface area contributed by atoms with Gasteiger partial charge in [0.05, 0.1) is 12.7 Å². The first-order valence-electron chi connectivity index (χ1n) is 3.12. The van der Waals surface area contributed by atoms with Crippen molar-refractivity contribution in [1.82, 2.24) is 0 Å². The first kappa shape index (κ1) is 9.78. The number of rotatable bonds is 4. The van der Waals surface area contributed by atoms with Crippen LogP contribution in [-0.2, 0) is 4.74 Å². The number of ether oxygens (including phenoxy) is 1. The predicted molar refractivity (Wildman–Crippen MR) is 33.1 cm³/mol. The molecule has 0 aromatic carbocycles. The number of hydrogen-bond acceptors (Lipinski definition) is 2. The summed E-state index contributed by atoms with van der Waals surface area (Å²) in [4.78, 5) is 0. The molecule has 0 aliphatic heterocycles. The van der Waals surface area contributed by atoms with Crippen LogP contribution in [0.5, 0.6) is 0 Å². The normalized spacial score (nSPS) is 14.7. The van der Waals surface area contributed by atoms with E-state index in [0.717, 1.165) is 0 Å². The first-order chi connectivity index (χ1) is 4.54. The number of halogens is 2. The van der Waals surface area contributed by atoms with E-state index in [1.807, 2.05) is 0 Å². The summed E-state index contributed by atoms with van der Waals surface area (Å²) < 4.78 is 27.8. The Balaban J connectivity index is 3.30. The van der Waals surface area contributed by atoms with Crippen molar-refractivity contribution in [2.24, 2.45) is 0 Å². The SMILES string of the molecule is CC(C)OCC(O)C(F)F. The third kappa shape index (κ3) is 4.64. The molecule has 0 saturated heterocycles. The van der Waals surface area contributed by atoms with Crippen LogP contribution in [0.3, 0.4) is 0 Å². The third-order valence-electron chi connectivity index (χ3n) is 0.891. The van der Waals surface area contributed by atoms with E-state index >= 15 is 0 Å². The van der Waals surface area contributed by atoms with Crippen LogP contribution in [0.4, 0.5) is 8.78 Å². The quantitative estimate of drug-likeness (QED) is 0.655. The molecule has 0 aliphatic carbocycles. The zero-order valence-corrected chi connectivity index (χ0v) is 6.05. The fourth-order valence-corrected chi connectivity index (χ4v) is 0.364. The largest absolute Gasteiger partial charge is 0.385 e. The van der Waals surface area contributed by atoms with Crippen LogP contribution in [0.25, 0.3) is 0 Å². The molecule has 1 unspecified atom stereocenters. The highest BCUT2D eigenvalue weighted by atomic mass is 19.3. The Hall–Kier alpha value is -0.220. The van der Waals surface area contributed by atoms with Crippen LogP contribution in [-0.4, -0.2) is 30.3 Å². The van der Waals surface area contributed by atoms with Gasteiger partial charge in [0.25, 0.3) is 6.43 Å². The summed E-state index contributed by atoms with van der Waals surface area (Å²) in [5.74, 6) is 0. The van der Waals surface area contributed by atoms with Crippen molar-refractivity contribution in [2.45, 2.75) is 32.5 Å². The number of aliphatic hydroxyl groups excluding tert-OH is 1. The summed E-state index contributed by atoms with van der Waals surface area (Å²) in [5, 5.41) is 8.50. The average Bonchev–Trinajstić information content (AvgIpc) is 1.82. The molecule has 2 nitrogen and oxygen atoms in total. The zero-order valence-electron chi connectivity index (χ0n) is 6.05. The highest BCUT2D eigenvalue weighted by Gasteiger charge is 2.16. The van der Waals surface area contributed by atoms with Crippen LogP contribution < -0.4 is 0 Å². The topological polar surface area (TPSA) is 29.5 Å². The smallest absolute Gasteiger partial charge is 0.266 e. The van der Waals surface area contributed by atoms with Crippen molar-refractivity contribution in [3.8, 4) is 0 Å². The molecule has 0 rings (SSSR count). The Bertz CT molecular complexity index is 85.8. The molecule has 0 fully saturated rings. The monoisotopic (exact) mass is 154 g/mol. The van der Waals surface area contributed by atoms with Crippen molar-refractivity contribution < 1.29 is 18.6 Å². The van der Waals surface area contributed by atoms with Gasteiger partial charge in [0.1, 0.15) is 6.10 Å². The van der Waals surface area contributed by atoms with Gasteiger partial charge in [-0.15, -0.1) is 0 Å². The van der Waals surface area contributed by atoms with Crippen LogP contribution in [0.1, 0.15) is 13.8 Å². The molecule has 1 N–H and O–H groups in total. The van der Waals surface area contributed by atoms with E-state index in [1.165, 1.54) is 0 Å². The number of hydrogen-bond donors (Lipinski definition) is 1. The highest BCUT2D eigenvalue weighted by molar-refractivity contribution is 4.55. The molecule has 62 valence electrons. The van der Waals surface area contributed by atoms with Gasteiger partial charge in [-0.05, 0) is 13.8 Å². The van der Waals surface area contributed by atoms with Crippen molar-refractivity contribution in [3.63, 3.8) is 0 Å². The molecule has 10 heavy (non-hydrogen) atoms. The molecule has 0 radical (unpaired) electrons. The minimum absolute atomic E-state index is 0.117. The second-order valence-corrected chi connectivity index (χ2v) is 2.28. The molecule has 0 amide bonds. The molecule has 1 atom stereocenters. The predicted octanol–water partition coefficient (Wildman–Crippen LogP) is 1.04. The molecule has 0 saturated carbocycles. The van der Waals surface area contributed by atoms with Crippen LogP contribution in [0.15, 0.2) is 0 Å². The first-order valence-corrected chi connectivity index (χ1v) is 3.12. The Morgan fingerprint density at radius 2 is 1.90 bits per heavy atom. The Labute approximate surface area is 58.8 Å². The Morgan fingerprint density at radius 3 is 2.20 bits per heavy atom. The van der Waals surface area contributed by atoms with Crippen molar-refractivity contribution in [3.05, 3.63) is 0 Å².